The van der Waals surface area contributed by atoms with Crippen molar-refractivity contribution in [2.24, 2.45) is 5.92 Å². The number of benzene rings is 1. The Balaban J connectivity index is 2.20. The molecule has 5 heteroatoms. The number of amides is 2. The van der Waals surface area contributed by atoms with E-state index in [1.165, 1.54) is 0 Å². The van der Waals surface area contributed by atoms with Gasteiger partial charge in [-0.25, -0.2) is 0 Å². The van der Waals surface area contributed by atoms with Crippen LogP contribution in [0.15, 0.2) is 18.2 Å². The van der Waals surface area contributed by atoms with Crippen LogP contribution < -0.4 is 15.0 Å². The Labute approximate surface area is 125 Å². The van der Waals surface area contributed by atoms with E-state index < -0.39 is 6.10 Å². The SMILES string of the molecule is CCC(CC)C(=O)Nc1ccc2c(c1)OC(C)C(=O)N2C. The summed E-state index contributed by atoms with van der Waals surface area (Å²) in [6.45, 7) is 5.73. The lowest BCUT2D eigenvalue weighted by Gasteiger charge is -2.30. The molecule has 1 atom stereocenters. The zero-order valence-electron chi connectivity index (χ0n) is 13.0. The molecule has 0 spiro atoms. The molecule has 1 heterocycles. The van der Waals surface area contributed by atoms with Crippen molar-refractivity contribution < 1.29 is 14.3 Å². The molecule has 21 heavy (non-hydrogen) atoms. The normalized spacial score (nSPS) is 17.5. The van der Waals surface area contributed by atoms with Gasteiger partial charge in [0, 0.05) is 24.7 Å². The van der Waals surface area contributed by atoms with Crippen molar-refractivity contribution in [3.63, 3.8) is 0 Å². The second-order valence-corrected chi connectivity index (χ2v) is 5.34. The average molecular weight is 290 g/mol. The molecule has 2 rings (SSSR count). The molecule has 0 saturated heterocycles. The topological polar surface area (TPSA) is 58.6 Å². The maximum Gasteiger partial charge on any atom is 0.267 e. The van der Waals surface area contributed by atoms with Crippen LogP contribution in [-0.4, -0.2) is 25.0 Å². The van der Waals surface area contributed by atoms with Crippen molar-refractivity contribution in [1.82, 2.24) is 0 Å². The number of hydrogen-bond acceptors (Lipinski definition) is 3. The highest BCUT2D eigenvalue weighted by Crippen LogP contribution is 2.35. The first-order valence-electron chi connectivity index (χ1n) is 7.37. The van der Waals surface area contributed by atoms with E-state index >= 15 is 0 Å². The Morgan fingerprint density at radius 2 is 2.05 bits per heavy atom. The molecule has 0 aromatic heterocycles. The minimum absolute atomic E-state index is 0.0186. The zero-order valence-corrected chi connectivity index (χ0v) is 13.0. The van der Waals surface area contributed by atoms with Gasteiger partial charge in [-0.15, -0.1) is 0 Å². The number of carbonyl (C=O) groups excluding carboxylic acids is 2. The van der Waals surface area contributed by atoms with Gasteiger partial charge in [0.2, 0.25) is 5.91 Å². The molecule has 1 aromatic rings. The number of nitrogens with one attached hydrogen (secondary N) is 1. The molecule has 0 radical (unpaired) electrons. The van der Waals surface area contributed by atoms with E-state index in [9.17, 15) is 9.59 Å². The fraction of sp³-hybridized carbons (Fsp3) is 0.500. The third-order valence-electron chi connectivity index (χ3n) is 3.93. The van der Waals surface area contributed by atoms with E-state index in [1.807, 2.05) is 13.8 Å². The van der Waals surface area contributed by atoms with Gasteiger partial charge in [0.05, 0.1) is 5.69 Å². The van der Waals surface area contributed by atoms with E-state index in [0.717, 1.165) is 18.5 Å². The lowest BCUT2D eigenvalue weighted by molar-refractivity contribution is -0.125. The van der Waals surface area contributed by atoms with Crippen molar-refractivity contribution in [3.8, 4) is 5.75 Å². The summed E-state index contributed by atoms with van der Waals surface area (Å²) in [5.74, 6) is 0.585. The summed E-state index contributed by atoms with van der Waals surface area (Å²) in [6, 6.07) is 5.36. The summed E-state index contributed by atoms with van der Waals surface area (Å²) in [7, 11) is 1.72. The summed E-state index contributed by atoms with van der Waals surface area (Å²) < 4.78 is 5.61. The highest BCUT2D eigenvalue weighted by Gasteiger charge is 2.29. The second kappa shape index (κ2) is 6.16. The summed E-state index contributed by atoms with van der Waals surface area (Å²) in [6.07, 6.45) is 1.13. The highest BCUT2D eigenvalue weighted by atomic mass is 16.5. The second-order valence-electron chi connectivity index (χ2n) is 5.34. The fourth-order valence-electron chi connectivity index (χ4n) is 2.50. The van der Waals surface area contributed by atoms with Crippen LogP contribution in [-0.2, 0) is 9.59 Å². The number of anilines is 2. The van der Waals surface area contributed by atoms with E-state index in [-0.39, 0.29) is 17.7 Å². The number of carbonyl (C=O) groups is 2. The van der Waals surface area contributed by atoms with Gasteiger partial charge in [-0.3, -0.25) is 9.59 Å². The first kappa shape index (κ1) is 15.4. The van der Waals surface area contributed by atoms with E-state index in [1.54, 1.807) is 37.1 Å². The molecule has 1 unspecified atom stereocenters. The van der Waals surface area contributed by atoms with Gasteiger partial charge >= 0.3 is 0 Å². The van der Waals surface area contributed by atoms with Gasteiger partial charge in [-0.05, 0) is 31.9 Å². The molecule has 0 saturated carbocycles. The summed E-state index contributed by atoms with van der Waals surface area (Å²) in [5, 5.41) is 2.91. The van der Waals surface area contributed by atoms with Gasteiger partial charge in [-0.2, -0.15) is 0 Å². The van der Waals surface area contributed by atoms with Crippen LogP contribution in [0.3, 0.4) is 0 Å². The summed E-state index contributed by atoms with van der Waals surface area (Å²) >= 11 is 0. The maximum atomic E-state index is 12.1. The fourth-order valence-corrected chi connectivity index (χ4v) is 2.50. The van der Waals surface area contributed by atoms with Gasteiger partial charge in [0.25, 0.3) is 5.91 Å². The average Bonchev–Trinajstić information content (AvgIpc) is 2.46. The summed E-state index contributed by atoms with van der Waals surface area (Å²) in [5.41, 5.74) is 1.42. The van der Waals surface area contributed by atoms with Crippen molar-refractivity contribution in [2.45, 2.75) is 39.7 Å². The number of hydrogen-bond donors (Lipinski definition) is 1. The van der Waals surface area contributed by atoms with Crippen molar-refractivity contribution in [1.29, 1.82) is 0 Å². The smallest absolute Gasteiger partial charge is 0.267 e. The monoisotopic (exact) mass is 290 g/mol. The largest absolute Gasteiger partial charge is 0.479 e. The molecule has 0 fully saturated rings. The lowest BCUT2D eigenvalue weighted by atomic mass is 10.0. The number of fused-ring (bicyclic) bond motifs is 1. The Hall–Kier alpha value is -2.04. The molecule has 1 aliphatic rings. The first-order valence-corrected chi connectivity index (χ1v) is 7.37. The highest BCUT2D eigenvalue weighted by molar-refractivity contribution is 6.00. The molecule has 1 aliphatic heterocycles. The minimum Gasteiger partial charge on any atom is -0.479 e. The van der Waals surface area contributed by atoms with Gasteiger partial charge in [-0.1, -0.05) is 13.8 Å². The molecule has 0 bridgehead atoms. The van der Waals surface area contributed by atoms with Crippen LogP contribution in [0.25, 0.3) is 0 Å². The number of likely N-dealkylation sites (N-methyl/N-ethyl adjacent to an activating group) is 1. The minimum atomic E-state index is -0.507. The Morgan fingerprint density at radius 1 is 1.38 bits per heavy atom. The van der Waals surface area contributed by atoms with Crippen molar-refractivity contribution in [3.05, 3.63) is 18.2 Å². The lowest BCUT2D eigenvalue weighted by Crippen LogP contribution is -2.41. The number of rotatable bonds is 4. The molecular weight excluding hydrogens is 268 g/mol. The van der Waals surface area contributed by atoms with Crippen LogP contribution >= 0.6 is 0 Å². The third-order valence-corrected chi connectivity index (χ3v) is 3.93. The Morgan fingerprint density at radius 3 is 2.67 bits per heavy atom. The number of ether oxygens (including phenoxy) is 1. The molecule has 1 N–H and O–H groups in total. The van der Waals surface area contributed by atoms with Crippen LogP contribution in [0.1, 0.15) is 33.6 Å². The molecule has 1 aromatic carbocycles. The van der Waals surface area contributed by atoms with E-state index in [0.29, 0.717) is 11.4 Å². The third kappa shape index (κ3) is 3.01. The molecule has 114 valence electrons. The van der Waals surface area contributed by atoms with Crippen LogP contribution in [0.4, 0.5) is 11.4 Å². The van der Waals surface area contributed by atoms with Gasteiger partial charge < -0.3 is 15.0 Å². The van der Waals surface area contributed by atoms with Crippen LogP contribution in [0.2, 0.25) is 0 Å². The van der Waals surface area contributed by atoms with Gasteiger partial charge in [0.1, 0.15) is 5.75 Å². The quantitative estimate of drug-likeness (QED) is 0.927. The number of nitrogens with zero attached hydrogens (tertiary/aromatic N) is 1. The molecular formula is C16H22N2O3. The molecule has 0 aliphatic carbocycles. The maximum absolute atomic E-state index is 12.1. The predicted molar refractivity (Wildman–Crippen MR) is 82.6 cm³/mol. The summed E-state index contributed by atoms with van der Waals surface area (Å²) in [4.78, 5) is 25.5. The van der Waals surface area contributed by atoms with Crippen LogP contribution in [0, 0.1) is 5.92 Å². The standard InChI is InChI=1S/C16H22N2O3/c1-5-11(6-2)15(19)17-12-7-8-13-14(9-12)21-10(3)16(20)18(13)4/h7-11H,5-6H2,1-4H3,(H,17,19). The van der Waals surface area contributed by atoms with E-state index in [2.05, 4.69) is 5.32 Å². The van der Waals surface area contributed by atoms with E-state index in [4.69, 9.17) is 4.74 Å². The van der Waals surface area contributed by atoms with Crippen molar-refractivity contribution in [2.75, 3.05) is 17.3 Å². The Bertz CT molecular complexity index is 552. The predicted octanol–water partition coefficient (Wildman–Crippen LogP) is 2.81. The van der Waals surface area contributed by atoms with Crippen molar-refractivity contribution >= 4 is 23.2 Å². The zero-order chi connectivity index (χ0) is 15.6. The first-order chi connectivity index (χ1) is 9.97. The Kier molecular flexibility index (Phi) is 4.50. The molecule has 5 nitrogen and oxygen atoms in total. The van der Waals surface area contributed by atoms with Crippen LogP contribution in [0.5, 0.6) is 5.75 Å². The van der Waals surface area contributed by atoms with Gasteiger partial charge in [0.15, 0.2) is 6.10 Å². The molecule has 2 amide bonds.